The number of alkyl halides is 1. The predicted octanol–water partition coefficient (Wildman–Crippen LogP) is 5.78. The minimum atomic E-state index is -0.201. The van der Waals surface area contributed by atoms with E-state index in [0.29, 0.717) is 27.7 Å². The quantitative estimate of drug-likeness (QED) is 0.165. The number of rotatable bonds is 8. The third-order valence-electron chi connectivity index (χ3n) is 3.41. The Balaban J connectivity index is 0.00000198. The average molecular weight is 471 g/mol. The van der Waals surface area contributed by atoms with Gasteiger partial charge in [-0.25, -0.2) is 0 Å². The van der Waals surface area contributed by atoms with Crippen molar-refractivity contribution in [3.8, 4) is 11.5 Å². The predicted molar refractivity (Wildman–Crippen MR) is 131 cm³/mol. The van der Waals surface area contributed by atoms with Gasteiger partial charge in [-0.15, -0.1) is 11.6 Å². The largest absolute Gasteiger partial charge is 0.493 e. The van der Waals surface area contributed by atoms with Crippen molar-refractivity contribution in [2.75, 3.05) is 20.8 Å². The van der Waals surface area contributed by atoms with Crippen molar-refractivity contribution in [3.05, 3.63) is 63.6 Å². The van der Waals surface area contributed by atoms with Gasteiger partial charge in [0.25, 0.3) is 0 Å². The van der Waals surface area contributed by atoms with Crippen LogP contribution in [0.15, 0.2) is 58.0 Å². The van der Waals surface area contributed by atoms with E-state index in [4.69, 9.17) is 38.1 Å². The maximum Gasteiger partial charge on any atom is 0.161 e. The Morgan fingerprint density at radius 2 is 1.90 bits per heavy atom. The molecule has 0 heterocycles. The zero-order chi connectivity index (χ0) is 22.9. The van der Waals surface area contributed by atoms with Gasteiger partial charge in [-0.1, -0.05) is 61.5 Å². The van der Waals surface area contributed by atoms with Crippen LogP contribution >= 0.6 is 35.0 Å². The SMILES string of the molecule is CC.CN.COc1cc(/C=C(/C=O)SC=N)ccc1OCC1=C(Cl)C=CC(Cl)C=C1. The molecule has 0 fully saturated rings. The highest BCUT2D eigenvalue weighted by molar-refractivity contribution is 8.16. The molecule has 0 spiro atoms. The van der Waals surface area contributed by atoms with Gasteiger partial charge in [0.05, 0.1) is 22.9 Å². The zero-order valence-electron chi connectivity index (χ0n) is 17.5. The highest BCUT2D eigenvalue weighted by Crippen LogP contribution is 2.30. The Kier molecular flexibility index (Phi) is 15.7. The van der Waals surface area contributed by atoms with Crippen molar-refractivity contribution in [2.45, 2.75) is 19.2 Å². The number of methoxy groups -OCH3 is 1. The summed E-state index contributed by atoms with van der Waals surface area (Å²) in [5, 5.41) is 7.44. The topological polar surface area (TPSA) is 85.4 Å². The van der Waals surface area contributed by atoms with E-state index in [1.165, 1.54) is 7.05 Å². The summed E-state index contributed by atoms with van der Waals surface area (Å²) in [5.41, 5.74) is 7.18. The Bertz CT molecular complexity index is 806. The molecule has 1 aromatic rings. The van der Waals surface area contributed by atoms with Crippen LogP contribution in [0.4, 0.5) is 0 Å². The number of nitrogens with two attached hydrogens (primary N) is 1. The first-order valence-electron chi connectivity index (χ1n) is 9.17. The minimum Gasteiger partial charge on any atom is -0.493 e. The summed E-state index contributed by atoms with van der Waals surface area (Å²) >= 11 is 13.3. The zero-order valence-corrected chi connectivity index (χ0v) is 19.9. The van der Waals surface area contributed by atoms with Crippen LogP contribution in [0.3, 0.4) is 0 Å². The van der Waals surface area contributed by atoms with Crippen LogP contribution in [0.25, 0.3) is 6.08 Å². The van der Waals surface area contributed by atoms with Crippen molar-refractivity contribution >= 4 is 52.9 Å². The smallest absolute Gasteiger partial charge is 0.161 e. The van der Waals surface area contributed by atoms with E-state index in [0.717, 1.165) is 28.4 Å². The van der Waals surface area contributed by atoms with E-state index in [-0.39, 0.29) is 12.0 Å². The van der Waals surface area contributed by atoms with Gasteiger partial charge in [-0.05, 0) is 36.9 Å². The number of hydrogen-bond acceptors (Lipinski definition) is 6. The van der Waals surface area contributed by atoms with E-state index in [9.17, 15) is 4.79 Å². The number of ether oxygens (including phenoxy) is 2. The summed E-state index contributed by atoms with van der Waals surface area (Å²) in [5.74, 6) is 1.09. The van der Waals surface area contributed by atoms with Crippen LogP contribution in [0.5, 0.6) is 11.5 Å². The van der Waals surface area contributed by atoms with Gasteiger partial charge in [0.1, 0.15) is 6.61 Å². The average Bonchev–Trinajstić information content (AvgIpc) is 2.95. The van der Waals surface area contributed by atoms with E-state index in [2.05, 4.69) is 5.73 Å². The first-order chi connectivity index (χ1) is 14.6. The fourth-order valence-electron chi connectivity index (χ4n) is 2.13. The Labute approximate surface area is 193 Å². The second-order valence-electron chi connectivity index (χ2n) is 5.14. The molecule has 0 saturated heterocycles. The molecule has 1 aromatic carbocycles. The van der Waals surface area contributed by atoms with Crippen molar-refractivity contribution in [1.82, 2.24) is 0 Å². The van der Waals surface area contributed by atoms with Gasteiger partial charge in [-0.3, -0.25) is 4.79 Å². The lowest BCUT2D eigenvalue weighted by Crippen LogP contribution is -2.02. The third-order valence-corrected chi connectivity index (χ3v) is 4.67. The molecule has 1 atom stereocenters. The molecule has 1 aliphatic rings. The van der Waals surface area contributed by atoms with E-state index in [1.807, 2.05) is 26.0 Å². The molecule has 30 heavy (non-hydrogen) atoms. The van der Waals surface area contributed by atoms with Crippen molar-refractivity contribution < 1.29 is 14.3 Å². The summed E-state index contributed by atoms with van der Waals surface area (Å²) < 4.78 is 11.2. The van der Waals surface area contributed by atoms with E-state index >= 15 is 0 Å². The van der Waals surface area contributed by atoms with E-state index in [1.54, 1.807) is 43.5 Å². The number of thioether (sulfide) groups is 1. The second kappa shape index (κ2) is 16.8. The molecule has 5 nitrogen and oxygen atoms in total. The molecule has 0 aromatic heterocycles. The normalized spacial score (nSPS) is 15.2. The number of aldehydes is 1. The van der Waals surface area contributed by atoms with Gasteiger partial charge in [0.15, 0.2) is 17.8 Å². The van der Waals surface area contributed by atoms with Crippen molar-refractivity contribution in [2.24, 2.45) is 5.73 Å². The number of hydrogen-bond donors (Lipinski definition) is 2. The molecule has 0 radical (unpaired) electrons. The summed E-state index contributed by atoms with van der Waals surface area (Å²) in [6.45, 7) is 4.26. The van der Waals surface area contributed by atoms with Gasteiger partial charge in [-0.2, -0.15) is 0 Å². The number of nitrogens with one attached hydrogen (secondary N) is 1. The summed E-state index contributed by atoms with van der Waals surface area (Å²) in [4.78, 5) is 11.4. The molecular weight excluding hydrogens is 443 g/mol. The molecule has 1 aliphatic carbocycles. The maximum absolute atomic E-state index is 11.0. The molecule has 164 valence electrons. The lowest BCUT2D eigenvalue weighted by Gasteiger charge is -2.12. The van der Waals surface area contributed by atoms with Crippen LogP contribution in [0, 0.1) is 5.41 Å². The molecule has 0 aliphatic heterocycles. The molecule has 1 unspecified atom stereocenters. The Morgan fingerprint density at radius 3 is 2.50 bits per heavy atom. The monoisotopic (exact) mass is 470 g/mol. The molecule has 0 saturated carbocycles. The van der Waals surface area contributed by atoms with E-state index < -0.39 is 0 Å². The molecule has 8 heteroatoms. The fraction of sp³-hybridized carbons (Fsp3) is 0.273. The summed E-state index contributed by atoms with van der Waals surface area (Å²) in [6, 6.07) is 5.33. The number of benzene rings is 1. The van der Waals surface area contributed by atoms with Crippen molar-refractivity contribution in [1.29, 1.82) is 5.41 Å². The summed E-state index contributed by atoms with van der Waals surface area (Å²) in [7, 11) is 3.04. The number of halogens is 2. The summed E-state index contributed by atoms with van der Waals surface area (Å²) in [6.07, 6.45) is 9.61. The number of allylic oxidation sites excluding steroid dienone is 5. The minimum absolute atomic E-state index is 0.201. The third kappa shape index (κ3) is 9.67. The number of carbonyl (C=O) groups is 1. The molecule has 0 amide bonds. The van der Waals surface area contributed by atoms with Crippen LogP contribution in [-0.2, 0) is 4.79 Å². The van der Waals surface area contributed by atoms with Crippen LogP contribution < -0.4 is 15.2 Å². The standard InChI is InChI=1S/C19H17Cl2NO3S.C2H6.CH5N/c1-24-19-9-13(8-16(10-23)26-12-22)2-7-18(19)25-11-14-3-4-15(20)5-6-17(14)21;2*1-2/h2-10,12,15,22H,11H2,1H3;1-2H3;2H2,1H3/b16-8-,22-12?;;. The second-order valence-corrected chi connectivity index (χ2v) is 6.99. The molecule has 0 bridgehead atoms. The highest BCUT2D eigenvalue weighted by Gasteiger charge is 2.10. The van der Waals surface area contributed by atoms with Gasteiger partial charge >= 0.3 is 0 Å². The van der Waals surface area contributed by atoms with Gasteiger partial charge < -0.3 is 20.6 Å². The lowest BCUT2D eigenvalue weighted by molar-refractivity contribution is -0.104. The first kappa shape index (κ1) is 28.0. The lowest BCUT2D eigenvalue weighted by atomic mass is 10.2. The fourth-order valence-corrected chi connectivity index (χ4v) is 2.86. The molecule has 2 rings (SSSR count). The highest BCUT2D eigenvalue weighted by atomic mass is 35.5. The van der Waals surface area contributed by atoms with Crippen molar-refractivity contribution in [3.63, 3.8) is 0 Å². The first-order valence-corrected chi connectivity index (χ1v) is 10.9. The van der Waals surface area contributed by atoms with Gasteiger partial charge in [0.2, 0.25) is 0 Å². The Morgan fingerprint density at radius 1 is 1.23 bits per heavy atom. The maximum atomic E-state index is 11.0. The molecule has 3 N–H and O–H groups in total. The number of carbonyl (C=O) groups excluding carboxylic acids is 1. The Hall–Kier alpha value is -1.99. The van der Waals surface area contributed by atoms with Crippen LogP contribution in [-0.4, -0.2) is 38.0 Å². The van der Waals surface area contributed by atoms with Crippen LogP contribution in [0.2, 0.25) is 0 Å². The molecular formula is C22H28Cl2N2O3S. The van der Waals surface area contributed by atoms with Gasteiger partial charge in [0, 0.05) is 10.6 Å². The van der Waals surface area contributed by atoms with Crippen LogP contribution in [0.1, 0.15) is 19.4 Å².